The number of rotatable bonds is 5. The zero-order chi connectivity index (χ0) is 19.5. The van der Waals surface area contributed by atoms with Gasteiger partial charge in [-0.2, -0.15) is 0 Å². The third-order valence-electron chi connectivity index (χ3n) is 4.91. The van der Waals surface area contributed by atoms with Crippen molar-refractivity contribution < 1.29 is 9.53 Å². The molecule has 0 unspecified atom stereocenters. The van der Waals surface area contributed by atoms with Crippen molar-refractivity contribution in [3.05, 3.63) is 72.1 Å². The highest BCUT2D eigenvalue weighted by Gasteiger charge is 2.25. The fraction of sp³-hybridized carbons (Fsp3) is 0.273. The Morgan fingerprint density at radius 3 is 2.89 bits per heavy atom. The third-order valence-corrected chi connectivity index (χ3v) is 5.99. The largest absolute Gasteiger partial charge is 0.493 e. The van der Waals surface area contributed by atoms with E-state index in [-0.39, 0.29) is 17.2 Å². The van der Waals surface area contributed by atoms with Crippen LogP contribution in [-0.2, 0) is 4.79 Å². The fourth-order valence-corrected chi connectivity index (χ4v) is 4.27. The molecular weight excluding hydrogens is 370 g/mol. The summed E-state index contributed by atoms with van der Waals surface area (Å²) < 4.78 is 7.72. The topological polar surface area (TPSA) is 56.2 Å². The maximum absolute atomic E-state index is 12.9. The molecule has 0 spiro atoms. The normalized spacial score (nSPS) is 16.7. The molecule has 0 saturated carbocycles. The summed E-state index contributed by atoms with van der Waals surface area (Å²) in [5.74, 6) is 0.862. The lowest BCUT2D eigenvalue weighted by Crippen LogP contribution is -2.36. The van der Waals surface area contributed by atoms with Crippen LogP contribution in [0.25, 0.3) is 5.69 Å². The molecule has 28 heavy (non-hydrogen) atoms. The number of hydrogen-bond acceptors (Lipinski definition) is 4. The van der Waals surface area contributed by atoms with E-state index >= 15 is 0 Å². The minimum Gasteiger partial charge on any atom is -0.493 e. The zero-order valence-corrected chi connectivity index (χ0v) is 16.8. The number of nitrogens with one attached hydrogen (secondary N) is 1. The first-order valence-corrected chi connectivity index (χ1v) is 10.3. The lowest BCUT2D eigenvalue weighted by atomic mass is 10.0. The average Bonchev–Trinajstić information content (AvgIpc) is 3.16. The van der Waals surface area contributed by atoms with Gasteiger partial charge in [-0.15, -0.1) is 0 Å². The van der Waals surface area contributed by atoms with E-state index in [1.807, 2.05) is 54.1 Å². The first-order valence-electron chi connectivity index (χ1n) is 9.41. The minimum absolute atomic E-state index is 0.00559. The number of para-hydroxylation sites is 2. The van der Waals surface area contributed by atoms with E-state index < -0.39 is 0 Å². The first-order chi connectivity index (χ1) is 13.6. The summed E-state index contributed by atoms with van der Waals surface area (Å²) in [5.41, 5.74) is 3.28. The van der Waals surface area contributed by atoms with Crippen LogP contribution in [0.5, 0.6) is 5.75 Å². The van der Waals surface area contributed by atoms with E-state index in [1.54, 1.807) is 6.20 Å². The lowest BCUT2D eigenvalue weighted by molar-refractivity contribution is -0.121. The first kappa shape index (κ1) is 18.6. The van der Waals surface area contributed by atoms with Gasteiger partial charge in [0.15, 0.2) is 5.16 Å². The molecule has 144 valence electrons. The van der Waals surface area contributed by atoms with E-state index in [4.69, 9.17) is 4.74 Å². The smallest absolute Gasteiger partial charge is 0.233 e. The molecule has 1 aromatic heterocycles. The van der Waals surface area contributed by atoms with Gasteiger partial charge in [0.25, 0.3) is 0 Å². The quantitative estimate of drug-likeness (QED) is 0.657. The van der Waals surface area contributed by atoms with Crippen LogP contribution in [0, 0.1) is 6.92 Å². The number of thioether (sulfide) groups is 1. The lowest BCUT2D eigenvalue weighted by Gasteiger charge is -2.27. The van der Waals surface area contributed by atoms with Crippen molar-refractivity contribution in [1.29, 1.82) is 0 Å². The van der Waals surface area contributed by atoms with Gasteiger partial charge in [-0.3, -0.25) is 9.36 Å². The Morgan fingerprint density at radius 2 is 2.04 bits per heavy atom. The number of hydrogen-bond donors (Lipinski definition) is 1. The molecule has 1 aliphatic heterocycles. The highest BCUT2D eigenvalue weighted by molar-refractivity contribution is 8.00. The Morgan fingerprint density at radius 1 is 1.25 bits per heavy atom. The van der Waals surface area contributed by atoms with Gasteiger partial charge in [-0.25, -0.2) is 4.98 Å². The number of amides is 1. The Labute approximate surface area is 169 Å². The third kappa shape index (κ3) is 3.78. The van der Waals surface area contributed by atoms with Gasteiger partial charge in [-0.05, 0) is 31.5 Å². The summed E-state index contributed by atoms with van der Waals surface area (Å²) in [6.07, 6.45) is 4.48. The molecule has 0 bridgehead atoms. The molecule has 0 aliphatic carbocycles. The Bertz CT molecular complexity index is 985. The number of ether oxygens (including phenoxy) is 1. The average molecular weight is 394 g/mol. The van der Waals surface area contributed by atoms with Gasteiger partial charge in [0.2, 0.25) is 5.91 Å². The number of aryl methyl sites for hydroxylation is 1. The molecule has 1 amide bonds. The second-order valence-electron chi connectivity index (χ2n) is 6.86. The van der Waals surface area contributed by atoms with Gasteiger partial charge in [0.05, 0.1) is 23.6 Å². The maximum Gasteiger partial charge on any atom is 0.233 e. The maximum atomic E-state index is 12.9. The van der Waals surface area contributed by atoms with Crippen LogP contribution in [0.1, 0.15) is 30.5 Å². The van der Waals surface area contributed by atoms with Crippen LogP contribution in [0.4, 0.5) is 0 Å². The number of fused-ring (bicyclic) bond motifs is 1. The van der Waals surface area contributed by atoms with Crippen LogP contribution in [0.15, 0.2) is 66.1 Å². The van der Waals surface area contributed by atoms with Crippen molar-refractivity contribution in [1.82, 2.24) is 14.9 Å². The number of carbonyl (C=O) groups is 1. The molecule has 0 saturated heterocycles. The van der Waals surface area contributed by atoms with E-state index in [0.29, 0.717) is 6.61 Å². The molecule has 6 heteroatoms. The molecule has 4 rings (SSSR count). The standard InChI is InChI=1S/C22H23N3O2S/c1-15-7-3-5-9-19(15)25-13-12-23-22(25)28-16(2)21(26)24-18-11-14-27-20-10-6-4-8-17(18)20/h3-10,12-13,16,18H,11,14H2,1-2H3,(H,24,26)/t16-,18-/m1/s1. The summed E-state index contributed by atoms with van der Waals surface area (Å²) in [7, 11) is 0. The van der Waals surface area contributed by atoms with Crippen LogP contribution >= 0.6 is 11.8 Å². The molecule has 1 N–H and O–H groups in total. The molecule has 0 radical (unpaired) electrons. The Kier molecular flexibility index (Phi) is 5.39. The molecule has 1 aliphatic rings. The minimum atomic E-state index is -0.264. The van der Waals surface area contributed by atoms with Crippen LogP contribution in [0.2, 0.25) is 0 Å². The van der Waals surface area contributed by atoms with Crippen molar-refractivity contribution in [3.63, 3.8) is 0 Å². The number of imidazole rings is 1. The molecular formula is C22H23N3O2S. The van der Waals surface area contributed by atoms with Crippen LogP contribution < -0.4 is 10.1 Å². The summed E-state index contributed by atoms with van der Waals surface area (Å²) in [5, 5.41) is 3.73. The van der Waals surface area contributed by atoms with Crippen molar-refractivity contribution >= 4 is 17.7 Å². The molecule has 2 aromatic carbocycles. The Hall–Kier alpha value is -2.73. The summed E-state index contributed by atoms with van der Waals surface area (Å²) in [4.78, 5) is 17.3. The van der Waals surface area contributed by atoms with E-state index in [1.165, 1.54) is 17.3 Å². The number of nitrogens with zero attached hydrogens (tertiary/aromatic N) is 2. The summed E-state index contributed by atoms with van der Waals surface area (Å²) in [6.45, 7) is 4.60. The summed E-state index contributed by atoms with van der Waals surface area (Å²) >= 11 is 1.47. The van der Waals surface area contributed by atoms with Crippen molar-refractivity contribution in [3.8, 4) is 11.4 Å². The molecule has 5 nitrogen and oxygen atoms in total. The number of carbonyl (C=O) groups excluding carboxylic acids is 1. The van der Waals surface area contributed by atoms with E-state index in [9.17, 15) is 4.79 Å². The predicted octanol–water partition coefficient (Wildman–Crippen LogP) is 4.30. The van der Waals surface area contributed by atoms with Gasteiger partial charge >= 0.3 is 0 Å². The molecule has 3 aromatic rings. The zero-order valence-electron chi connectivity index (χ0n) is 16.0. The van der Waals surface area contributed by atoms with Crippen LogP contribution in [0.3, 0.4) is 0 Å². The van der Waals surface area contributed by atoms with Crippen molar-refractivity contribution in [2.75, 3.05) is 6.61 Å². The highest BCUT2D eigenvalue weighted by atomic mass is 32.2. The van der Waals surface area contributed by atoms with Crippen molar-refractivity contribution in [2.24, 2.45) is 0 Å². The van der Waals surface area contributed by atoms with Gasteiger partial charge in [-0.1, -0.05) is 48.2 Å². The van der Waals surface area contributed by atoms with Gasteiger partial charge in [0.1, 0.15) is 5.75 Å². The van der Waals surface area contributed by atoms with E-state index in [0.717, 1.165) is 28.6 Å². The monoisotopic (exact) mass is 393 g/mol. The number of benzene rings is 2. The van der Waals surface area contributed by atoms with Gasteiger partial charge < -0.3 is 10.1 Å². The summed E-state index contributed by atoms with van der Waals surface area (Å²) in [6, 6.07) is 16.0. The second-order valence-corrected chi connectivity index (χ2v) is 8.17. The SMILES string of the molecule is Cc1ccccc1-n1ccnc1S[C@H](C)C(=O)N[C@@H]1CCOc2ccccc21. The van der Waals surface area contributed by atoms with Crippen LogP contribution in [-0.4, -0.2) is 27.3 Å². The molecule has 0 fully saturated rings. The second kappa shape index (κ2) is 8.10. The molecule has 2 atom stereocenters. The highest BCUT2D eigenvalue weighted by Crippen LogP contribution is 2.32. The van der Waals surface area contributed by atoms with E-state index in [2.05, 4.69) is 29.4 Å². The van der Waals surface area contributed by atoms with Gasteiger partial charge in [0, 0.05) is 24.4 Å². The fourth-order valence-electron chi connectivity index (χ4n) is 3.39. The van der Waals surface area contributed by atoms with Crippen molar-refractivity contribution in [2.45, 2.75) is 36.7 Å². The Balaban J connectivity index is 1.47. The number of aromatic nitrogens is 2. The predicted molar refractivity (Wildman–Crippen MR) is 111 cm³/mol. The molecule has 2 heterocycles.